The maximum Gasteiger partial charge on any atom is 0.428 e. The molecule has 0 aliphatic carbocycles. The lowest BCUT2D eigenvalue weighted by atomic mass is 10.1. The first-order chi connectivity index (χ1) is 7.56. The molecule has 0 rings (SSSR count). The fourth-order valence-corrected chi connectivity index (χ4v) is 0.735. The van der Waals surface area contributed by atoms with Crippen molar-refractivity contribution in [3.05, 3.63) is 12.8 Å². The summed E-state index contributed by atoms with van der Waals surface area (Å²) in [6, 6.07) is 0. The molecule has 0 saturated heterocycles. The van der Waals surface area contributed by atoms with E-state index in [0.717, 1.165) is 6.26 Å². The highest BCUT2D eigenvalue weighted by Crippen LogP contribution is 2.43. The topological polar surface area (TPSA) is 38.7 Å². The van der Waals surface area contributed by atoms with Crippen LogP contribution in [0.5, 0.6) is 0 Å². The molecule has 0 unspecified atom stereocenters. The van der Waals surface area contributed by atoms with Crippen LogP contribution in [0.15, 0.2) is 12.8 Å². The van der Waals surface area contributed by atoms with E-state index in [1.54, 1.807) is 0 Å². The Balaban J connectivity index is 4.49. The van der Waals surface area contributed by atoms with Crippen LogP contribution in [0, 0.1) is 0 Å². The van der Waals surface area contributed by atoms with E-state index < -0.39 is 31.2 Å². The van der Waals surface area contributed by atoms with Gasteiger partial charge in [-0.1, -0.05) is 6.58 Å². The summed E-state index contributed by atoms with van der Waals surface area (Å²) in [6.45, 7) is 0.345. The van der Waals surface area contributed by atoms with Crippen LogP contribution in [0.25, 0.3) is 0 Å². The summed E-state index contributed by atoms with van der Waals surface area (Å²) >= 11 is 0. The molecule has 17 heavy (non-hydrogen) atoms. The van der Waals surface area contributed by atoms with E-state index in [0.29, 0.717) is 0 Å². The van der Waals surface area contributed by atoms with Gasteiger partial charge < -0.3 is 14.6 Å². The molecule has 0 aromatic heterocycles. The first kappa shape index (κ1) is 16.0. The average molecular weight is 268 g/mol. The van der Waals surface area contributed by atoms with Gasteiger partial charge in [-0.3, -0.25) is 0 Å². The van der Waals surface area contributed by atoms with Crippen LogP contribution in [0.2, 0.25) is 0 Å². The zero-order valence-corrected chi connectivity index (χ0v) is 8.44. The van der Waals surface area contributed by atoms with Gasteiger partial charge in [0, 0.05) is 0 Å². The molecule has 0 saturated carbocycles. The number of aliphatic hydroxyl groups is 1. The van der Waals surface area contributed by atoms with Crippen molar-refractivity contribution < 1.29 is 40.9 Å². The van der Waals surface area contributed by atoms with Gasteiger partial charge in [-0.2, -0.15) is 26.3 Å². The van der Waals surface area contributed by atoms with Crippen LogP contribution in [-0.4, -0.2) is 42.9 Å². The first-order valence-corrected chi connectivity index (χ1v) is 4.22. The van der Waals surface area contributed by atoms with Gasteiger partial charge in [0.25, 0.3) is 5.60 Å². The Morgan fingerprint density at radius 3 is 1.82 bits per heavy atom. The Labute approximate surface area is 92.6 Å². The molecule has 3 nitrogen and oxygen atoms in total. The molecule has 102 valence electrons. The van der Waals surface area contributed by atoms with E-state index in [9.17, 15) is 26.3 Å². The number of rotatable bonds is 6. The Kier molecular flexibility index (Phi) is 5.27. The van der Waals surface area contributed by atoms with Crippen molar-refractivity contribution in [3.8, 4) is 0 Å². The Morgan fingerprint density at radius 1 is 1.00 bits per heavy atom. The largest absolute Gasteiger partial charge is 0.499 e. The highest BCUT2D eigenvalue weighted by Gasteiger charge is 2.70. The van der Waals surface area contributed by atoms with Crippen LogP contribution in [0.1, 0.15) is 0 Å². The SMILES string of the molecule is C=COCCOCC(O)(C(F)(F)F)C(F)(F)F. The molecule has 1 N–H and O–H groups in total. The summed E-state index contributed by atoms with van der Waals surface area (Å²) < 4.78 is 81.0. The Bertz CT molecular complexity index is 233. The highest BCUT2D eigenvalue weighted by molar-refractivity contribution is 4.93. The molecule has 9 heteroatoms. The third kappa shape index (κ3) is 4.08. The van der Waals surface area contributed by atoms with E-state index in [2.05, 4.69) is 16.1 Å². The maximum atomic E-state index is 12.1. The molecule has 0 aliphatic rings. The van der Waals surface area contributed by atoms with Crippen molar-refractivity contribution in [1.29, 1.82) is 0 Å². The first-order valence-electron chi connectivity index (χ1n) is 4.22. The van der Waals surface area contributed by atoms with Gasteiger partial charge in [0.05, 0.1) is 19.5 Å². The molecular weight excluding hydrogens is 258 g/mol. The lowest BCUT2D eigenvalue weighted by Crippen LogP contribution is -2.60. The summed E-state index contributed by atoms with van der Waals surface area (Å²) in [7, 11) is 0. The Morgan fingerprint density at radius 2 is 1.47 bits per heavy atom. The van der Waals surface area contributed by atoms with Crippen LogP contribution in [0.4, 0.5) is 26.3 Å². The van der Waals surface area contributed by atoms with Crippen molar-refractivity contribution in [1.82, 2.24) is 0 Å². The second-order valence-corrected chi connectivity index (χ2v) is 2.95. The second-order valence-electron chi connectivity index (χ2n) is 2.95. The van der Waals surface area contributed by atoms with Crippen molar-refractivity contribution in [2.75, 3.05) is 19.8 Å². The number of halogens is 6. The smallest absolute Gasteiger partial charge is 0.428 e. The van der Waals surface area contributed by atoms with Crippen molar-refractivity contribution in [2.24, 2.45) is 0 Å². The van der Waals surface area contributed by atoms with Gasteiger partial charge in [-0.15, -0.1) is 0 Å². The van der Waals surface area contributed by atoms with E-state index >= 15 is 0 Å². The molecule has 0 radical (unpaired) electrons. The van der Waals surface area contributed by atoms with Gasteiger partial charge in [-0.25, -0.2) is 0 Å². The van der Waals surface area contributed by atoms with Crippen LogP contribution >= 0.6 is 0 Å². The average Bonchev–Trinajstić information content (AvgIpc) is 2.13. The van der Waals surface area contributed by atoms with Crippen molar-refractivity contribution in [2.45, 2.75) is 18.0 Å². The summed E-state index contributed by atoms with van der Waals surface area (Å²) in [5.41, 5.74) is -4.88. The van der Waals surface area contributed by atoms with E-state index in [1.807, 2.05) is 0 Å². The zero-order chi connectivity index (χ0) is 13.7. The maximum absolute atomic E-state index is 12.1. The molecule has 0 amide bonds. The fourth-order valence-electron chi connectivity index (χ4n) is 0.735. The third-order valence-electron chi connectivity index (χ3n) is 1.71. The van der Waals surface area contributed by atoms with Crippen LogP contribution in [-0.2, 0) is 9.47 Å². The summed E-state index contributed by atoms with van der Waals surface area (Å²) in [5.74, 6) is 0. The fraction of sp³-hybridized carbons (Fsp3) is 0.750. The predicted octanol–water partition coefficient (Wildman–Crippen LogP) is 2.02. The van der Waals surface area contributed by atoms with Gasteiger partial charge in [0.2, 0.25) is 0 Å². The molecule has 0 spiro atoms. The zero-order valence-electron chi connectivity index (χ0n) is 8.44. The normalized spacial score (nSPS) is 13.6. The van der Waals surface area contributed by atoms with Gasteiger partial charge in [-0.05, 0) is 0 Å². The van der Waals surface area contributed by atoms with Crippen LogP contribution < -0.4 is 0 Å². The van der Waals surface area contributed by atoms with Crippen molar-refractivity contribution in [3.63, 3.8) is 0 Å². The second kappa shape index (κ2) is 5.58. The van der Waals surface area contributed by atoms with Crippen molar-refractivity contribution >= 4 is 0 Å². The third-order valence-corrected chi connectivity index (χ3v) is 1.71. The van der Waals surface area contributed by atoms with Crippen LogP contribution in [0.3, 0.4) is 0 Å². The number of ether oxygens (including phenoxy) is 2. The van der Waals surface area contributed by atoms with Gasteiger partial charge >= 0.3 is 12.4 Å². The standard InChI is InChI=1S/C8H10F6O3/c1-2-16-3-4-17-5-6(15,7(9,10)11)8(12,13)14/h2,15H,1,3-5H2. The Hall–Kier alpha value is -0.960. The van der Waals surface area contributed by atoms with Gasteiger partial charge in [0.15, 0.2) is 0 Å². The summed E-state index contributed by atoms with van der Waals surface area (Å²) in [6.07, 6.45) is -10.8. The number of alkyl halides is 6. The van der Waals surface area contributed by atoms with E-state index in [4.69, 9.17) is 5.11 Å². The molecule has 0 bridgehead atoms. The molecule has 0 aromatic carbocycles. The molecule has 0 atom stereocenters. The van der Waals surface area contributed by atoms with E-state index in [-0.39, 0.29) is 6.61 Å². The molecule has 0 aliphatic heterocycles. The molecule has 0 fully saturated rings. The van der Waals surface area contributed by atoms with E-state index in [1.165, 1.54) is 0 Å². The monoisotopic (exact) mass is 268 g/mol. The minimum absolute atomic E-state index is 0.269. The molecule has 0 aromatic rings. The lowest BCUT2D eigenvalue weighted by molar-refractivity contribution is -0.378. The molecule has 0 heterocycles. The molecular formula is C8H10F6O3. The minimum atomic E-state index is -5.87. The lowest BCUT2D eigenvalue weighted by Gasteiger charge is -2.31. The van der Waals surface area contributed by atoms with Gasteiger partial charge in [0.1, 0.15) is 6.61 Å². The minimum Gasteiger partial charge on any atom is -0.499 e. The number of hydrogen-bond donors (Lipinski definition) is 1. The summed E-state index contributed by atoms with van der Waals surface area (Å²) in [4.78, 5) is 0. The quantitative estimate of drug-likeness (QED) is 0.455. The predicted molar refractivity (Wildman–Crippen MR) is 44.0 cm³/mol. The number of hydrogen-bond acceptors (Lipinski definition) is 3. The summed E-state index contributed by atoms with van der Waals surface area (Å²) in [5, 5.41) is 8.60. The highest BCUT2D eigenvalue weighted by atomic mass is 19.4.